The van der Waals surface area contributed by atoms with E-state index in [0.29, 0.717) is 0 Å². The van der Waals surface area contributed by atoms with Crippen molar-refractivity contribution in [2.45, 2.75) is 39.0 Å². The number of ether oxygens (including phenoxy) is 1. The summed E-state index contributed by atoms with van der Waals surface area (Å²) in [6.45, 7) is 10.8. The van der Waals surface area contributed by atoms with Crippen LogP contribution in [0.2, 0.25) is 0 Å². The third kappa shape index (κ3) is 5.19. The van der Waals surface area contributed by atoms with Gasteiger partial charge in [0, 0.05) is 19.6 Å². The molecule has 1 saturated heterocycles. The van der Waals surface area contributed by atoms with Crippen LogP contribution in [-0.2, 0) is 0 Å². The summed E-state index contributed by atoms with van der Waals surface area (Å²) in [6, 6.07) is 8.25. The van der Waals surface area contributed by atoms with Crippen LogP contribution in [0.25, 0.3) is 0 Å². The van der Waals surface area contributed by atoms with Gasteiger partial charge in [-0.15, -0.1) is 11.6 Å². The first-order valence-electron chi connectivity index (χ1n) is 8.17. The fourth-order valence-electron chi connectivity index (χ4n) is 3.27. The van der Waals surface area contributed by atoms with Crippen molar-refractivity contribution >= 4 is 11.6 Å². The Morgan fingerprint density at radius 1 is 1.19 bits per heavy atom. The normalized spacial score (nSPS) is 24.8. The van der Waals surface area contributed by atoms with Crippen LogP contribution >= 0.6 is 11.6 Å². The molecule has 1 aromatic rings. The van der Waals surface area contributed by atoms with Gasteiger partial charge in [-0.2, -0.15) is 0 Å². The van der Waals surface area contributed by atoms with Crippen molar-refractivity contribution < 1.29 is 4.74 Å². The molecule has 0 aliphatic carbocycles. The molecule has 118 valence electrons. The summed E-state index contributed by atoms with van der Waals surface area (Å²) in [5.41, 5.74) is 1.19. The summed E-state index contributed by atoms with van der Waals surface area (Å²) in [4.78, 5) is 2.51. The topological polar surface area (TPSA) is 12.5 Å². The van der Waals surface area contributed by atoms with Gasteiger partial charge in [-0.1, -0.05) is 32.9 Å². The van der Waals surface area contributed by atoms with Gasteiger partial charge < -0.3 is 9.64 Å². The van der Waals surface area contributed by atoms with Crippen molar-refractivity contribution in [1.82, 2.24) is 4.90 Å². The molecule has 21 heavy (non-hydrogen) atoms. The van der Waals surface area contributed by atoms with Crippen molar-refractivity contribution in [3.63, 3.8) is 0 Å². The number of hydrogen-bond donors (Lipinski definition) is 0. The minimum Gasteiger partial charge on any atom is -0.494 e. The summed E-state index contributed by atoms with van der Waals surface area (Å²) in [6.07, 6.45) is 2.37. The third-order valence-corrected chi connectivity index (χ3v) is 4.47. The SMILES string of the molecule is CCCOc1ccc(C(Cl)CN2CC(C)CC(C)C2)cc1. The molecule has 1 aliphatic heterocycles. The molecule has 1 fully saturated rings. The van der Waals surface area contributed by atoms with E-state index in [2.05, 4.69) is 37.8 Å². The Balaban J connectivity index is 1.89. The van der Waals surface area contributed by atoms with E-state index >= 15 is 0 Å². The molecule has 0 spiro atoms. The summed E-state index contributed by atoms with van der Waals surface area (Å²) in [5, 5.41) is 0.0581. The van der Waals surface area contributed by atoms with Gasteiger partial charge in [-0.25, -0.2) is 0 Å². The minimum atomic E-state index is 0.0581. The van der Waals surface area contributed by atoms with E-state index in [4.69, 9.17) is 16.3 Å². The molecule has 2 nitrogen and oxygen atoms in total. The molecule has 2 rings (SSSR count). The molecule has 3 unspecified atom stereocenters. The second-order valence-electron chi connectivity index (χ2n) is 6.55. The molecule has 3 heteroatoms. The quantitative estimate of drug-likeness (QED) is 0.704. The summed E-state index contributed by atoms with van der Waals surface area (Å²) < 4.78 is 5.61. The van der Waals surface area contributed by atoms with Gasteiger partial charge >= 0.3 is 0 Å². The molecule has 1 aromatic carbocycles. The van der Waals surface area contributed by atoms with Gasteiger partial charge in [0.15, 0.2) is 0 Å². The van der Waals surface area contributed by atoms with E-state index in [-0.39, 0.29) is 5.38 Å². The van der Waals surface area contributed by atoms with Gasteiger partial charge in [0.1, 0.15) is 5.75 Å². The zero-order valence-corrected chi connectivity index (χ0v) is 14.3. The molecule has 0 amide bonds. The lowest BCUT2D eigenvalue weighted by Crippen LogP contribution is -2.40. The van der Waals surface area contributed by atoms with Crippen LogP contribution in [-0.4, -0.2) is 31.1 Å². The highest BCUT2D eigenvalue weighted by molar-refractivity contribution is 6.21. The highest BCUT2D eigenvalue weighted by Gasteiger charge is 2.23. The van der Waals surface area contributed by atoms with E-state index in [1.165, 1.54) is 25.1 Å². The maximum absolute atomic E-state index is 6.61. The Morgan fingerprint density at radius 2 is 1.81 bits per heavy atom. The molecule has 0 bridgehead atoms. The molecular weight excluding hydrogens is 282 g/mol. The van der Waals surface area contributed by atoms with Gasteiger partial charge in [0.25, 0.3) is 0 Å². The van der Waals surface area contributed by atoms with Crippen molar-refractivity contribution in [3.8, 4) is 5.75 Å². The number of halogens is 1. The van der Waals surface area contributed by atoms with E-state index in [9.17, 15) is 0 Å². The Bertz CT molecular complexity index is 410. The molecule has 1 heterocycles. The molecule has 0 N–H and O–H groups in total. The zero-order valence-electron chi connectivity index (χ0n) is 13.5. The van der Waals surface area contributed by atoms with Crippen LogP contribution in [0.1, 0.15) is 44.6 Å². The highest BCUT2D eigenvalue weighted by atomic mass is 35.5. The predicted molar refractivity (Wildman–Crippen MR) is 90.2 cm³/mol. The molecule has 3 atom stereocenters. The maximum atomic E-state index is 6.61. The summed E-state index contributed by atoms with van der Waals surface area (Å²) in [7, 11) is 0. The first-order chi connectivity index (χ1) is 10.1. The molecule has 0 saturated carbocycles. The third-order valence-electron chi connectivity index (χ3n) is 4.08. The molecule has 0 radical (unpaired) electrons. The van der Waals surface area contributed by atoms with Crippen LogP contribution in [0, 0.1) is 11.8 Å². The predicted octanol–water partition coefficient (Wildman–Crippen LogP) is 4.73. The molecule has 1 aliphatic rings. The number of rotatable bonds is 6. The first kappa shape index (κ1) is 16.6. The lowest BCUT2D eigenvalue weighted by Gasteiger charge is -2.36. The van der Waals surface area contributed by atoms with Crippen LogP contribution in [0.15, 0.2) is 24.3 Å². The average molecular weight is 310 g/mol. The van der Waals surface area contributed by atoms with Gasteiger partial charge in [-0.05, 0) is 42.4 Å². The number of likely N-dealkylation sites (tertiary alicyclic amines) is 1. The monoisotopic (exact) mass is 309 g/mol. The van der Waals surface area contributed by atoms with Gasteiger partial charge in [0.2, 0.25) is 0 Å². The van der Waals surface area contributed by atoms with E-state index in [0.717, 1.165) is 37.2 Å². The number of nitrogens with zero attached hydrogens (tertiary/aromatic N) is 1. The fraction of sp³-hybridized carbons (Fsp3) is 0.667. The second kappa shape index (κ2) is 8.05. The minimum absolute atomic E-state index is 0.0581. The van der Waals surface area contributed by atoms with Crippen LogP contribution in [0.4, 0.5) is 0 Å². The number of piperidine rings is 1. The second-order valence-corrected chi connectivity index (χ2v) is 7.08. The largest absolute Gasteiger partial charge is 0.494 e. The summed E-state index contributed by atoms with van der Waals surface area (Å²) in [5.74, 6) is 2.49. The average Bonchev–Trinajstić information content (AvgIpc) is 2.44. The number of hydrogen-bond acceptors (Lipinski definition) is 2. The van der Waals surface area contributed by atoms with Gasteiger partial charge in [-0.3, -0.25) is 0 Å². The van der Waals surface area contributed by atoms with Crippen LogP contribution < -0.4 is 4.74 Å². The molecular formula is C18H28ClNO. The smallest absolute Gasteiger partial charge is 0.119 e. The lowest BCUT2D eigenvalue weighted by atomic mass is 9.91. The fourth-order valence-corrected chi connectivity index (χ4v) is 3.61. The van der Waals surface area contributed by atoms with Crippen molar-refractivity contribution in [2.75, 3.05) is 26.2 Å². The Kier molecular flexibility index (Phi) is 6.38. The zero-order chi connectivity index (χ0) is 15.2. The highest BCUT2D eigenvalue weighted by Crippen LogP contribution is 2.27. The summed E-state index contributed by atoms with van der Waals surface area (Å²) >= 11 is 6.61. The van der Waals surface area contributed by atoms with Crippen molar-refractivity contribution in [1.29, 1.82) is 0 Å². The van der Waals surface area contributed by atoms with Gasteiger partial charge in [0.05, 0.1) is 12.0 Å². The van der Waals surface area contributed by atoms with E-state index < -0.39 is 0 Å². The standard InChI is InChI=1S/C18H28ClNO/c1-4-9-21-17-7-5-16(6-8-17)18(19)13-20-11-14(2)10-15(3)12-20/h5-8,14-15,18H,4,9-13H2,1-3H3. The van der Waals surface area contributed by atoms with E-state index in [1.807, 2.05) is 12.1 Å². The van der Waals surface area contributed by atoms with Crippen molar-refractivity contribution in [2.24, 2.45) is 11.8 Å². The Labute approximate surface area is 134 Å². The number of benzene rings is 1. The van der Waals surface area contributed by atoms with E-state index in [1.54, 1.807) is 0 Å². The maximum Gasteiger partial charge on any atom is 0.119 e. The number of alkyl halides is 1. The Morgan fingerprint density at radius 3 is 2.38 bits per heavy atom. The first-order valence-corrected chi connectivity index (χ1v) is 8.61. The Hall–Kier alpha value is -0.730. The van der Waals surface area contributed by atoms with Crippen molar-refractivity contribution in [3.05, 3.63) is 29.8 Å². The molecule has 0 aromatic heterocycles. The van der Waals surface area contributed by atoms with Crippen LogP contribution in [0.3, 0.4) is 0 Å². The lowest BCUT2D eigenvalue weighted by molar-refractivity contribution is 0.141. The van der Waals surface area contributed by atoms with Crippen LogP contribution in [0.5, 0.6) is 5.75 Å².